The second-order valence-electron chi connectivity index (χ2n) is 6.48. The van der Waals surface area contributed by atoms with Crippen LogP contribution in [0.1, 0.15) is 39.5 Å². The molecule has 4 nitrogen and oxygen atoms in total. The Labute approximate surface area is 117 Å². The zero-order valence-electron chi connectivity index (χ0n) is 12.4. The van der Waals surface area contributed by atoms with Gasteiger partial charge in [-0.25, -0.2) is 0 Å². The van der Waals surface area contributed by atoms with Crippen molar-refractivity contribution in [1.29, 1.82) is 0 Å². The average molecular weight is 267 g/mol. The lowest BCUT2D eigenvalue weighted by Gasteiger charge is -2.31. The smallest absolute Gasteiger partial charge is 0.224 e. The van der Waals surface area contributed by atoms with E-state index in [1.807, 2.05) is 0 Å². The molecule has 1 saturated carbocycles. The van der Waals surface area contributed by atoms with E-state index < -0.39 is 0 Å². The Morgan fingerprint density at radius 3 is 2.84 bits per heavy atom. The van der Waals surface area contributed by atoms with Crippen LogP contribution in [-0.2, 0) is 4.79 Å². The summed E-state index contributed by atoms with van der Waals surface area (Å²) in [6.07, 6.45) is 4.32. The van der Waals surface area contributed by atoms with Crippen molar-refractivity contribution in [3.05, 3.63) is 0 Å². The third-order valence-electron chi connectivity index (χ3n) is 4.88. The molecule has 1 saturated heterocycles. The van der Waals surface area contributed by atoms with E-state index in [1.54, 1.807) is 0 Å². The molecule has 4 unspecified atom stereocenters. The van der Waals surface area contributed by atoms with Crippen LogP contribution < -0.4 is 11.1 Å². The van der Waals surface area contributed by atoms with Gasteiger partial charge in [0.15, 0.2) is 0 Å². The third kappa shape index (κ3) is 3.93. The van der Waals surface area contributed by atoms with E-state index in [0.717, 1.165) is 32.5 Å². The van der Waals surface area contributed by atoms with Crippen LogP contribution >= 0.6 is 0 Å². The molecular weight excluding hydrogens is 238 g/mol. The normalized spacial score (nSPS) is 36.4. The van der Waals surface area contributed by atoms with E-state index in [2.05, 4.69) is 24.1 Å². The summed E-state index contributed by atoms with van der Waals surface area (Å²) in [4.78, 5) is 14.7. The molecule has 0 aromatic rings. The van der Waals surface area contributed by atoms with E-state index >= 15 is 0 Å². The van der Waals surface area contributed by atoms with Crippen LogP contribution in [0.5, 0.6) is 0 Å². The Kier molecular flexibility index (Phi) is 5.22. The molecule has 110 valence electrons. The fraction of sp³-hybridized carbons (Fsp3) is 0.933. The van der Waals surface area contributed by atoms with Gasteiger partial charge in [0.05, 0.1) is 5.92 Å². The lowest BCUT2D eigenvalue weighted by molar-refractivity contribution is -0.127. The maximum atomic E-state index is 12.3. The van der Waals surface area contributed by atoms with Gasteiger partial charge >= 0.3 is 0 Å². The summed E-state index contributed by atoms with van der Waals surface area (Å²) >= 11 is 0. The minimum atomic E-state index is 0.0347. The molecule has 0 radical (unpaired) electrons. The molecule has 3 N–H and O–H groups in total. The molecule has 2 aliphatic rings. The van der Waals surface area contributed by atoms with Crippen molar-refractivity contribution in [2.75, 3.05) is 26.2 Å². The molecule has 1 aliphatic carbocycles. The molecule has 1 amide bonds. The number of rotatable bonds is 4. The van der Waals surface area contributed by atoms with Crippen molar-refractivity contribution in [2.24, 2.45) is 23.5 Å². The van der Waals surface area contributed by atoms with Gasteiger partial charge < -0.3 is 16.0 Å². The van der Waals surface area contributed by atoms with Crippen LogP contribution in [0.2, 0.25) is 0 Å². The van der Waals surface area contributed by atoms with Crippen LogP contribution in [0.4, 0.5) is 0 Å². The average Bonchev–Trinajstić information content (AvgIpc) is 2.87. The van der Waals surface area contributed by atoms with Crippen molar-refractivity contribution in [2.45, 2.75) is 45.6 Å². The summed E-state index contributed by atoms with van der Waals surface area (Å²) in [7, 11) is 0. The number of hydrogen-bond donors (Lipinski definition) is 2. The van der Waals surface area contributed by atoms with E-state index in [-0.39, 0.29) is 17.9 Å². The summed E-state index contributed by atoms with van der Waals surface area (Å²) < 4.78 is 0. The van der Waals surface area contributed by atoms with Gasteiger partial charge in [0, 0.05) is 19.1 Å². The lowest BCUT2D eigenvalue weighted by Crippen LogP contribution is -2.46. The predicted molar refractivity (Wildman–Crippen MR) is 77.7 cm³/mol. The van der Waals surface area contributed by atoms with Crippen molar-refractivity contribution >= 4 is 5.91 Å². The minimum absolute atomic E-state index is 0.0347. The van der Waals surface area contributed by atoms with E-state index in [0.29, 0.717) is 11.8 Å². The first-order chi connectivity index (χ1) is 9.10. The van der Waals surface area contributed by atoms with Crippen LogP contribution in [0.3, 0.4) is 0 Å². The van der Waals surface area contributed by atoms with E-state index in [1.165, 1.54) is 19.4 Å². The number of likely N-dealkylation sites (tertiary alicyclic amines) is 1. The molecule has 4 heteroatoms. The maximum Gasteiger partial charge on any atom is 0.224 e. The topological polar surface area (TPSA) is 58.4 Å². The highest BCUT2D eigenvalue weighted by Crippen LogP contribution is 2.28. The molecule has 19 heavy (non-hydrogen) atoms. The van der Waals surface area contributed by atoms with Gasteiger partial charge in [0.2, 0.25) is 5.91 Å². The summed E-state index contributed by atoms with van der Waals surface area (Å²) in [5.74, 6) is 1.49. The number of amides is 1. The second-order valence-corrected chi connectivity index (χ2v) is 6.48. The monoisotopic (exact) mass is 267 g/mol. The molecule has 0 aromatic carbocycles. The second kappa shape index (κ2) is 6.71. The van der Waals surface area contributed by atoms with Gasteiger partial charge in [-0.05, 0) is 50.6 Å². The number of hydrogen-bond acceptors (Lipinski definition) is 3. The first-order valence-electron chi connectivity index (χ1n) is 7.85. The molecule has 2 fully saturated rings. The Bertz CT molecular complexity index is 308. The van der Waals surface area contributed by atoms with Gasteiger partial charge in [0.25, 0.3) is 0 Å². The van der Waals surface area contributed by atoms with E-state index in [9.17, 15) is 4.79 Å². The Balaban J connectivity index is 1.74. The van der Waals surface area contributed by atoms with Gasteiger partial charge in [-0.15, -0.1) is 0 Å². The highest BCUT2D eigenvalue weighted by molar-refractivity contribution is 5.79. The highest BCUT2D eigenvalue weighted by Gasteiger charge is 2.32. The van der Waals surface area contributed by atoms with Crippen molar-refractivity contribution in [3.8, 4) is 0 Å². The fourth-order valence-corrected chi connectivity index (χ4v) is 3.45. The van der Waals surface area contributed by atoms with Gasteiger partial charge in [-0.2, -0.15) is 0 Å². The zero-order chi connectivity index (χ0) is 13.8. The van der Waals surface area contributed by atoms with Gasteiger partial charge in [-0.3, -0.25) is 4.79 Å². The standard InChI is InChI=1S/C15H29N3O/c1-3-18-7-6-12(10-18)9-17-15(19)13-8-11(2)4-5-14(13)16/h11-14H,3-10,16H2,1-2H3,(H,17,19). The Hall–Kier alpha value is -0.610. The molecule has 4 atom stereocenters. The minimum Gasteiger partial charge on any atom is -0.355 e. The Morgan fingerprint density at radius 2 is 2.16 bits per heavy atom. The van der Waals surface area contributed by atoms with Crippen molar-refractivity contribution in [3.63, 3.8) is 0 Å². The summed E-state index contributed by atoms with van der Waals surface area (Å²) in [6, 6.07) is 0.0620. The van der Waals surface area contributed by atoms with Crippen LogP contribution in [-0.4, -0.2) is 43.0 Å². The first kappa shape index (κ1) is 14.8. The largest absolute Gasteiger partial charge is 0.355 e. The third-order valence-corrected chi connectivity index (χ3v) is 4.88. The van der Waals surface area contributed by atoms with E-state index in [4.69, 9.17) is 5.73 Å². The quantitative estimate of drug-likeness (QED) is 0.805. The molecule has 0 spiro atoms. The SMILES string of the molecule is CCN1CCC(CNC(=O)C2CC(C)CCC2N)C1. The van der Waals surface area contributed by atoms with Crippen LogP contribution in [0.15, 0.2) is 0 Å². The van der Waals surface area contributed by atoms with Crippen LogP contribution in [0.25, 0.3) is 0 Å². The van der Waals surface area contributed by atoms with Gasteiger partial charge in [-0.1, -0.05) is 13.8 Å². The summed E-state index contributed by atoms with van der Waals surface area (Å²) in [5.41, 5.74) is 6.10. The lowest BCUT2D eigenvalue weighted by atomic mass is 9.78. The molecule has 0 bridgehead atoms. The van der Waals surface area contributed by atoms with Crippen molar-refractivity contribution < 1.29 is 4.79 Å². The molecule has 1 heterocycles. The number of nitrogens with one attached hydrogen (secondary N) is 1. The molecule has 1 aliphatic heterocycles. The molecule has 0 aromatic heterocycles. The molecular formula is C15H29N3O. The Morgan fingerprint density at radius 1 is 1.37 bits per heavy atom. The number of nitrogens with two attached hydrogens (primary N) is 1. The van der Waals surface area contributed by atoms with Gasteiger partial charge in [0.1, 0.15) is 0 Å². The summed E-state index contributed by atoms with van der Waals surface area (Å²) in [5, 5.41) is 3.14. The maximum absolute atomic E-state index is 12.3. The van der Waals surface area contributed by atoms with Crippen LogP contribution in [0, 0.1) is 17.8 Å². The number of carbonyl (C=O) groups excluding carboxylic acids is 1. The number of carbonyl (C=O) groups is 1. The van der Waals surface area contributed by atoms with Crippen molar-refractivity contribution in [1.82, 2.24) is 10.2 Å². The summed E-state index contributed by atoms with van der Waals surface area (Å²) in [6.45, 7) is 8.68. The predicted octanol–water partition coefficient (Wildman–Crippen LogP) is 1.21. The zero-order valence-corrected chi connectivity index (χ0v) is 12.4. The first-order valence-corrected chi connectivity index (χ1v) is 7.85. The molecule has 2 rings (SSSR count). The fourth-order valence-electron chi connectivity index (χ4n) is 3.45. The highest BCUT2D eigenvalue weighted by atomic mass is 16.1. The number of nitrogens with zero attached hydrogens (tertiary/aromatic N) is 1.